The van der Waals surface area contributed by atoms with Gasteiger partial charge in [0.15, 0.2) is 0 Å². The molecule has 110 valence electrons. The van der Waals surface area contributed by atoms with E-state index in [1.54, 1.807) is 0 Å². The Morgan fingerprint density at radius 1 is 1.14 bits per heavy atom. The van der Waals surface area contributed by atoms with Crippen molar-refractivity contribution in [2.24, 2.45) is 0 Å². The molecule has 0 aliphatic rings. The van der Waals surface area contributed by atoms with Crippen LogP contribution >= 0.6 is 0 Å². The number of imidazole rings is 1. The summed E-state index contributed by atoms with van der Waals surface area (Å²) in [6, 6.07) is 10.0. The Morgan fingerprint density at radius 3 is 2.52 bits per heavy atom. The van der Waals surface area contributed by atoms with E-state index in [0.29, 0.717) is 5.92 Å². The number of aryl methyl sites for hydroxylation is 1. The van der Waals surface area contributed by atoms with Crippen LogP contribution in [0.4, 0.5) is 5.69 Å². The van der Waals surface area contributed by atoms with Gasteiger partial charge in [-0.25, -0.2) is 4.98 Å². The molecule has 0 saturated carbocycles. The van der Waals surface area contributed by atoms with Gasteiger partial charge in [-0.15, -0.1) is 0 Å². The van der Waals surface area contributed by atoms with Crippen molar-refractivity contribution in [2.45, 2.75) is 39.7 Å². The highest BCUT2D eigenvalue weighted by Gasteiger charge is 2.21. The summed E-state index contributed by atoms with van der Waals surface area (Å²) >= 11 is 0. The van der Waals surface area contributed by atoms with Gasteiger partial charge in [0.25, 0.3) is 0 Å². The summed E-state index contributed by atoms with van der Waals surface area (Å²) < 4.78 is 8.05. The third-order valence-corrected chi connectivity index (χ3v) is 3.82. The zero-order valence-electron chi connectivity index (χ0n) is 12.9. The van der Waals surface area contributed by atoms with Crippen LogP contribution in [-0.4, -0.2) is 9.55 Å². The number of nitrogen functional groups attached to an aromatic ring is 1. The lowest BCUT2D eigenvalue weighted by molar-refractivity contribution is 0.425. The average molecular weight is 283 g/mol. The first kappa shape index (κ1) is 13.7. The van der Waals surface area contributed by atoms with E-state index in [4.69, 9.17) is 15.1 Å². The highest BCUT2D eigenvalue weighted by molar-refractivity contribution is 5.80. The van der Waals surface area contributed by atoms with Gasteiger partial charge in [-0.05, 0) is 44.2 Å². The maximum absolute atomic E-state index is 5.88. The maximum atomic E-state index is 5.88. The van der Waals surface area contributed by atoms with E-state index in [-0.39, 0.29) is 6.04 Å². The van der Waals surface area contributed by atoms with Crippen molar-refractivity contribution < 1.29 is 4.42 Å². The summed E-state index contributed by atoms with van der Waals surface area (Å²) in [6.07, 6.45) is 0. The SMILES string of the molecule is Cc1ccc(C(C)n2c(C(C)C)nc3cc(N)ccc32)o1. The van der Waals surface area contributed by atoms with Crippen molar-refractivity contribution in [1.82, 2.24) is 9.55 Å². The Bertz CT molecular complexity index is 783. The first-order chi connectivity index (χ1) is 9.97. The molecule has 3 rings (SSSR count). The van der Waals surface area contributed by atoms with Crippen LogP contribution in [0.25, 0.3) is 11.0 Å². The van der Waals surface area contributed by atoms with Crippen LogP contribution in [0.1, 0.15) is 50.1 Å². The van der Waals surface area contributed by atoms with E-state index in [9.17, 15) is 0 Å². The fourth-order valence-electron chi connectivity index (χ4n) is 2.75. The molecular formula is C17H21N3O. The van der Waals surface area contributed by atoms with Gasteiger partial charge in [0.05, 0.1) is 17.1 Å². The molecule has 21 heavy (non-hydrogen) atoms. The molecule has 0 aliphatic heterocycles. The number of nitrogens with two attached hydrogens (primary N) is 1. The topological polar surface area (TPSA) is 57.0 Å². The first-order valence-electron chi connectivity index (χ1n) is 7.31. The van der Waals surface area contributed by atoms with Gasteiger partial charge in [-0.3, -0.25) is 0 Å². The third-order valence-electron chi connectivity index (χ3n) is 3.82. The van der Waals surface area contributed by atoms with Crippen molar-refractivity contribution in [1.29, 1.82) is 0 Å². The van der Waals surface area contributed by atoms with Gasteiger partial charge in [0, 0.05) is 11.6 Å². The van der Waals surface area contributed by atoms with Gasteiger partial charge in [-0.2, -0.15) is 0 Å². The number of furan rings is 1. The third kappa shape index (κ3) is 2.31. The predicted octanol–water partition coefficient (Wildman–Crippen LogP) is 4.25. The van der Waals surface area contributed by atoms with Crippen molar-refractivity contribution in [3.05, 3.63) is 47.7 Å². The standard InChI is InChI=1S/C17H21N3O/c1-10(2)17-19-14-9-13(18)6-7-15(14)20(17)12(4)16-8-5-11(3)21-16/h5-10,12H,18H2,1-4H3. The molecule has 3 aromatic rings. The molecule has 1 unspecified atom stereocenters. The lowest BCUT2D eigenvalue weighted by Crippen LogP contribution is -2.11. The van der Waals surface area contributed by atoms with Crippen LogP contribution < -0.4 is 5.73 Å². The molecule has 0 radical (unpaired) electrons. The maximum Gasteiger partial charge on any atom is 0.126 e. The molecule has 0 aliphatic carbocycles. The fourth-order valence-corrected chi connectivity index (χ4v) is 2.75. The van der Waals surface area contributed by atoms with Gasteiger partial charge < -0.3 is 14.7 Å². The zero-order chi connectivity index (χ0) is 15.1. The molecule has 1 aromatic carbocycles. The largest absolute Gasteiger partial charge is 0.464 e. The number of hydrogen-bond donors (Lipinski definition) is 1. The molecule has 2 aromatic heterocycles. The van der Waals surface area contributed by atoms with E-state index in [2.05, 4.69) is 25.3 Å². The first-order valence-corrected chi connectivity index (χ1v) is 7.31. The summed E-state index contributed by atoms with van der Waals surface area (Å²) in [5.41, 5.74) is 8.65. The summed E-state index contributed by atoms with van der Waals surface area (Å²) in [6.45, 7) is 8.41. The second-order valence-corrected chi connectivity index (χ2v) is 5.87. The predicted molar refractivity (Wildman–Crippen MR) is 85.5 cm³/mol. The van der Waals surface area contributed by atoms with Crippen molar-refractivity contribution in [2.75, 3.05) is 5.73 Å². The number of benzene rings is 1. The van der Waals surface area contributed by atoms with Crippen LogP contribution in [-0.2, 0) is 0 Å². The molecule has 0 spiro atoms. The Labute approximate surface area is 124 Å². The summed E-state index contributed by atoms with van der Waals surface area (Å²) in [5, 5.41) is 0. The lowest BCUT2D eigenvalue weighted by atomic mass is 10.1. The fraction of sp³-hybridized carbons (Fsp3) is 0.353. The smallest absolute Gasteiger partial charge is 0.126 e. The summed E-state index contributed by atoms with van der Waals surface area (Å²) in [4.78, 5) is 4.77. The second-order valence-electron chi connectivity index (χ2n) is 5.87. The van der Waals surface area contributed by atoms with E-state index in [1.165, 1.54) is 0 Å². The zero-order valence-corrected chi connectivity index (χ0v) is 12.9. The average Bonchev–Trinajstić information content (AvgIpc) is 3.01. The molecule has 0 saturated heterocycles. The van der Waals surface area contributed by atoms with Crippen molar-refractivity contribution in [3.8, 4) is 0 Å². The van der Waals surface area contributed by atoms with Gasteiger partial charge in [-0.1, -0.05) is 13.8 Å². The van der Waals surface area contributed by atoms with Crippen LogP contribution in [0.2, 0.25) is 0 Å². The minimum Gasteiger partial charge on any atom is -0.464 e. The minimum atomic E-state index is 0.102. The number of nitrogens with zero attached hydrogens (tertiary/aromatic N) is 2. The highest BCUT2D eigenvalue weighted by Crippen LogP contribution is 2.30. The van der Waals surface area contributed by atoms with E-state index in [1.807, 2.05) is 37.3 Å². The van der Waals surface area contributed by atoms with Gasteiger partial charge >= 0.3 is 0 Å². The summed E-state index contributed by atoms with van der Waals surface area (Å²) in [5.74, 6) is 3.26. The number of hydrogen-bond acceptors (Lipinski definition) is 3. The van der Waals surface area contributed by atoms with Crippen LogP contribution in [0.15, 0.2) is 34.7 Å². The normalized spacial score (nSPS) is 13.2. The molecule has 0 fully saturated rings. The van der Waals surface area contributed by atoms with E-state index >= 15 is 0 Å². The monoisotopic (exact) mass is 283 g/mol. The minimum absolute atomic E-state index is 0.102. The van der Waals surface area contributed by atoms with Crippen LogP contribution in [0.3, 0.4) is 0 Å². The molecule has 4 heteroatoms. The second kappa shape index (κ2) is 4.95. The molecule has 2 N–H and O–H groups in total. The quantitative estimate of drug-likeness (QED) is 0.731. The molecule has 0 bridgehead atoms. The number of fused-ring (bicyclic) bond motifs is 1. The Balaban J connectivity index is 2.21. The van der Waals surface area contributed by atoms with E-state index < -0.39 is 0 Å². The van der Waals surface area contributed by atoms with Crippen LogP contribution in [0, 0.1) is 6.92 Å². The van der Waals surface area contributed by atoms with Gasteiger partial charge in [0.2, 0.25) is 0 Å². The molecule has 1 atom stereocenters. The lowest BCUT2D eigenvalue weighted by Gasteiger charge is -2.17. The Hall–Kier alpha value is -2.23. The Morgan fingerprint density at radius 2 is 1.90 bits per heavy atom. The Kier molecular flexibility index (Phi) is 3.24. The van der Waals surface area contributed by atoms with Crippen LogP contribution in [0.5, 0.6) is 0 Å². The van der Waals surface area contributed by atoms with Crippen molar-refractivity contribution >= 4 is 16.7 Å². The highest BCUT2D eigenvalue weighted by atomic mass is 16.3. The van der Waals surface area contributed by atoms with Crippen molar-refractivity contribution in [3.63, 3.8) is 0 Å². The number of aromatic nitrogens is 2. The van der Waals surface area contributed by atoms with Gasteiger partial charge in [0.1, 0.15) is 17.3 Å². The molecule has 2 heterocycles. The summed E-state index contributed by atoms with van der Waals surface area (Å²) in [7, 11) is 0. The number of rotatable bonds is 3. The molecular weight excluding hydrogens is 262 g/mol. The molecule has 4 nitrogen and oxygen atoms in total. The number of anilines is 1. The molecule has 0 amide bonds. The van der Waals surface area contributed by atoms with E-state index in [0.717, 1.165) is 34.1 Å².